The third-order valence-corrected chi connectivity index (χ3v) is 3.48. The molecule has 0 saturated heterocycles. The Morgan fingerprint density at radius 1 is 0.955 bits per heavy atom. The molecule has 0 radical (unpaired) electrons. The molecule has 3 rings (SSSR count). The van der Waals surface area contributed by atoms with E-state index in [1.54, 1.807) is 6.20 Å². The summed E-state index contributed by atoms with van der Waals surface area (Å²) in [6, 6.07) is 15.8. The van der Waals surface area contributed by atoms with Gasteiger partial charge in [0.15, 0.2) is 5.82 Å². The molecule has 22 heavy (non-hydrogen) atoms. The molecule has 1 aromatic heterocycles. The maximum Gasteiger partial charge on any atom is 0.249 e. The maximum atomic E-state index is 4.41. The van der Waals surface area contributed by atoms with Gasteiger partial charge in [-0.3, -0.25) is 0 Å². The molecule has 2 aromatic carbocycles. The van der Waals surface area contributed by atoms with Crippen LogP contribution in [-0.2, 0) is 0 Å². The van der Waals surface area contributed by atoms with Gasteiger partial charge in [0, 0.05) is 15.8 Å². The van der Waals surface area contributed by atoms with E-state index in [4.69, 9.17) is 0 Å². The summed E-state index contributed by atoms with van der Waals surface area (Å²) in [4.78, 5) is 4.41. The lowest BCUT2D eigenvalue weighted by Gasteiger charge is -2.08. The Labute approximate surface area is 137 Å². The molecule has 0 unspecified atom stereocenters. The van der Waals surface area contributed by atoms with Crippen molar-refractivity contribution in [2.45, 2.75) is 6.92 Å². The van der Waals surface area contributed by atoms with Crippen LogP contribution in [0, 0.1) is 6.92 Å². The van der Waals surface area contributed by atoms with Crippen molar-refractivity contribution in [2.75, 3.05) is 10.6 Å². The molecule has 0 spiro atoms. The zero-order chi connectivity index (χ0) is 15.4. The second kappa shape index (κ2) is 6.53. The van der Waals surface area contributed by atoms with Gasteiger partial charge in [-0.1, -0.05) is 28.1 Å². The fourth-order valence-electron chi connectivity index (χ4n) is 1.95. The maximum absolute atomic E-state index is 4.41. The standard InChI is InChI=1S/C16H14BrN5/c1-11-3-2-4-14(9-11)20-16-21-15(10-18-22-16)19-13-7-5-12(17)6-8-13/h2-10H,1H3,(H2,19,20,21,22). The SMILES string of the molecule is Cc1cccc(Nc2nncc(Nc3ccc(Br)cc3)n2)c1. The van der Waals surface area contributed by atoms with Crippen molar-refractivity contribution in [3.63, 3.8) is 0 Å². The zero-order valence-electron chi connectivity index (χ0n) is 11.9. The van der Waals surface area contributed by atoms with Gasteiger partial charge in [0.25, 0.3) is 0 Å². The highest BCUT2D eigenvalue weighted by Gasteiger charge is 2.02. The molecule has 0 fully saturated rings. The number of hydrogen-bond acceptors (Lipinski definition) is 5. The molecule has 110 valence electrons. The van der Waals surface area contributed by atoms with E-state index in [9.17, 15) is 0 Å². The summed E-state index contributed by atoms with van der Waals surface area (Å²) in [5, 5.41) is 14.3. The molecular weight excluding hydrogens is 342 g/mol. The minimum absolute atomic E-state index is 0.452. The van der Waals surface area contributed by atoms with Crippen LogP contribution < -0.4 is 10.6 Å². The van der Waals surface area contributed by atoms with Crippen molar-refractivity contribution in [3.05, 3.63) is 64.8 Å². The molecule has 0 bridgehead atoms. The molecule has 6 heteroatoms. The van der Waals surface area contributed by atoms with Gasteiger partial charge in [-0.05, 0) is 48.9 Å². The van der Waals surface area contributed by atoms with Crippen LogP contribution in [0.4, 0.5) is 23.1 Å². The highest BCUT2D eigenvalue weighted by atomic mass is 79.9. The Kier molecular flexibility index (Phi) is 4.29. The van der Waals surface area contributed by atoms with Crippen molar-refractivity contribution in [3.8, 4) is 0 Å². The first-order valence-corrected chi connectivity index (χ1v) is 7.54. The number of halogens is 1. The molecule has 5 nitrogen and oxygen atoms in total. The molecule has 0 aliphatic heterocycles. The topological polar surface area (TPSA) is 62.7 Å². The lowest BCUT2D eigenvalue weighted by Crippen LogP contribution is -2.02. The van der Waals surface area contributed by atoms with Gasteiger partial charge < -0.3 is 10.6 Å². The minimum atomic E-state index is 0.452. The van der Waals surface area contributed by atoms with E-state index in [1.807, 2.05) is 55.5 Å². The van der Waals surface area contributed by atoms with E-state index >= 15 is 0 Å². The summed E-state index contributed by atoms with van der Waals surface area (Å²) in [5.74, 6) is 1.08. The van der Waals surface area contributed by atoms with Crippen LogP contribution >= 0.6 is 15.9 Å². The van der Waals surface area contributed by atoms with Gasteiger partial charge in [0.1, 0.15) is 0 Å². The molecule has 0 aliphatic rings. The fraction of sp³-hybridized carbons (Fsp3) is 0.0625. The molecule has 3 aromatic rings. The van der Waals surface area contributed by atoms with E-state index in [1.165, 1.54) is 5.56 Å². The summed E-state index contributed by atoms with van der Waals surface area (Å²) in [5.41, 5.74) is 3.04. The Bertz CT molecular complexity index is 773. The zero-order valence-corrected chi connectivity index (χ0v) is 13.5. The van der Waals surface area contributed by atoms with E-state index in [0.29, 0.717) is 11.8 Å². The summed E-state index contributed by atoms with van der Waals surface area (Å²) in [6.45, 7) is 2.04. The number of aryl methyl sites for hydroxylation is 1. The average molecular weight is 356 g/mol. The number of aromatic nitrogens is 3. The van der Waals surface area contributed by atoms with Crippen LogP contribution in [0.1, 0.15) is 5.56 Å². The van der Waals surface area contributed by atoms with Gasteiger partial charge in [0.05, 0.1) is 6.20 Å². The Morgan fingerprint density at radius 2 is 1.77 bits per heavy atom. The van der Waals surface area contributed by atoms with Crippen LogP contribution in [0.25, 0.3) is 0 Å². The van der Waals surface area contributed by atoms with Gasteiger partial charge in [0.2, 0.25) is 5.95 Å². The smallest absolute Gasteiger partial charge is 0.249 e. The van der Waals surface area contributed by atoms with E-state index < -0.39 is 0 Å². The highest BCUT2D eigenvalue weighted by molar-refractivity contribution is 9.10. The summed E-state index contributed by atoms with van der Waals surface area (Å²) in [6.07, 6.45) is 1.59. The monoisotopic (exact) mass is 355 g/mol. The van der Waals surface area contributed by atoms with Gasteiger partial charge in [-0.2, -0.15) is 10.1 Å². The van der Waals surface area contributed by atoms with Gasteiger partial charge in [-0.15, -0.1) is 5.10 Å². The van der Waals surface area contributed by atoms with Crippen molar-refractivity contribution in [2.24, 2.45) is 0 Å². The minimum Gasteiger partial charge on any atom is -0.339 e. The second-order valence-electron chi connectivity index (χ2n) is 4.79. The molecule has 2 N–H and O–H groups in total. The third-order valence-electron chi connectivity index (χ3n) is 2.95. The Balaban J connectivity index is 1.76. The van der Waals surface area contributed by atoms with Crippen molar-refractivity contribution < 1.29 is 0 Å². The van der Waals surface area contributed by atoms with Crippen molar-refractivity contribution >= 4 is 39.1 Å². The number of nitrogens with one attached hydrogen (secondary N) is 2. The lowest BCUT2D eigenvalue weighted by atomic mass is 10.2. The Morgan fingerprint density at radius 3 is 2.55 bits per heavy atom. The summed E-state index contributed by atoms with van der Waals surface area (Å²) >= 11 is 3.41. The number of anilines is 4. The first-order valence-electron chi connectivity index (χ1n) is 6.75. The molecule has 0 amide bonds. The first kappa shape index (κ1) is 14.5. The van der Waals surface area contributed by atoms with Crippen molar-refractivity contribution in [1.82, 2.24) is 15.2 Å². The van der Waals surface area contributed by atoms with Crippen LogP contribution in [0.15, 0.2) is 59.2 Å². The highest BCUT2D eigenvalue weighted by Crippen LogP contribution is 2.19. The van der Waals surface area contributed by atoms with E-state index in [-0.39, 0.29) is 0 Å². The van der Waals surface area contributed by atoms with Crippen LogP contribution in [-0.4, -0.2) is 15.2 Å². The quantitative estimate of drug-likeness (QED) is 0.724. The number of hydrogen-bond donors (Lipinski definition) is 2. The third kappa shape index (κ3) is 3.79. The summed E-state index contributed by atoms with van der Waals surface area (Å²) < 4.78 is 1.03. The van der Waals surface area contributed by atoms with E-state index in [0.717, 1.165) is 15.8 Å². The average Bonchev–Trinajstić information content (AvgIpc) is 2.50. The molecule has 0 saturated carbocycles. The number of benzene rings is 2. The predicted molar refractivity (Wildman–Crippen MR) is 91.7 cm³/mol. The van der Waals surface area contributed by atoms with E-state index in [2.05, 4.69) is 41.7 Å². The molecular formula is C16H14BrN5. The normalized spacial score (nSPS) is 10.3. The lowest BCUT2D eigenvalue weighted by molar-refractivity contribution is 0.982. The second-order valence-corrected chi connectivity index (χ2v) is 5.71. The van der Waals surface area contributed by atoms with Crippen LogP contribution in [0.5, 0.6) is 0 Å². The largest absolute Gasteiger partial charge is 0.339 e. The van der Waals surface area contributed by atoms with Crippen molar-refractivity contribution in [1.29, 1.82) is 0 Å². The number of rotatable bonds is 4. The van der Waals surface area contributed by atoms with Gasteiger partial charge >= 0.3 is 0 Å². The van der Waals surface area contributed by atoms with Crippen LogP contribution in [0.2, 0.25) is 0 Å². The Hall–Kier alpha value is -2.47. The van der Waals surface area contributed by atoms with Crippen LogP contribution in [0.3, 0.4) is 0 Å². The number of nitrogens with zero attached hydrogens (tertiary/aromatic N) is 3. The molecule has 0 aliphatic carbocycles. The molecule has 0 atom stereocenters. The van der Waals surface area contributed by atoms with Gasteiger partial charge in [-0.25, -0.2) is 0 Å². The predicted octanol–water partition coefficient (Wildman–Crippen LogP) is 4.43. The fourth-order valence-corrected chi connectivity index (χ4v) is 2.21. The summed E-state index contributed by atoms with van der Waals surface area (Å²) in [7, 11) is 0. The first-order chi connectivity index (χ1) is 10.7. The molecule has 1 heterocycles.